The maximum absolute atomic E-state index is 13.8. The number of aromatic amines is 2. The molecule has 2 N–H and O–H groups in total. The fraction of sp³-hybridized carbons (Fsp3) is 0.480. The summed E-state index contributed by atoms with van der Waals surface area (Å²) >= 11 is 11.5. The first-order valence-corrected chi connectivity index (χ1v) is 13.1. The van der Waals surface area contributed by atoms with Gasteiger partial charge in [-0.25, -0.2) is 0 Å². The lowest BCUT2D eigenvalue weighted by Crippen LogP contribution is -2.06. The van der Waals surface area contributed by atoms with Crippen molar-refractivity contribution < 1.29 is 13.6 Å². The molecule has 0 bridgehead atoms. The van der Waals surface area contributed by atoms with E-state index in [0.717, 1.165) is 48.2 Å². The molecular formula is C25H30Cl2N6O3. The highest BCUT2D eigenvalue weighted by molar-refractivity contribution is 6.18. The van der Waals surface area contributed by atoms with Crippen LogP contribution in [0.2, 0.25) is 0 Å². The largest absolute Gasteiger partial charge is 0.419 e. The van der Waals surface area contributed by atoms with E-state index < -0.39 is 0 Å². The standard InChI is InChI=1S/C25H30Cl2N6O3/c1-13-19(15(3)28-21(13)24-32-30-17(35-24)9-5-7-11-26)23(34)20-14(2)22(29-16(20)4)25-33-31-18(36-25)10-6-8-12-27/h28-29H,5-12H2,1-4H3. The number of unbranched alkanes of at least 4 members (excludes halogenated alkanes) is 2. The van der Waals surface area contributed by atoms with Gasteiger partial charge >= 0.3 is 0 Å². The first kappa shape index (κ1) is 26.2. The predicted octanol–water partition coefficient (Wildman–Crippen LogP) is 6.03. The van der Waals surface area contributed by atoms with E-state index >= 15 is 0 Å². The van der Waals surface area contributed by atoms with Gasteiger partial charge in [-0.15, -0.1) is 43.6 Å². The number of H-pyrrole nitrogens is 2. The summed E-state index contributed by atoms with van der Waals surface area (Å²) in [5, 5.41) is 16.7. The number of alkyl halides is 2. The average Bonchev–Trinajstić information content (AvgIpc) is 3.61. The summed E-state index contributed by atoms with van der Waals surface area (Å²) < 4.78 is 11.7. The number of rotatable bonds is 12. The molecule has 0 unspecified atom stereocenters. The van der Waals surface area contributed by atoms with E-state index in [-0.39, 0.29) is 5.78 Å². The first-order valence-electron chi connectivity index (χ1n) is 12.1. The van der Waals surface area contributed by atoms with Crippen LogP contribution >= 0.6 is 23.2 Å². The number of ketones is 1. The highest BCUT2D eigenvalue weighted by atomic mass is 35.5. The number of nitrogens with zero attached hydrogens (tertiary/aromatic N) is 4. The maximum atomic E-state index is 13.8. The zero-order chi connectivity index (χ0) is 25.8. The van der Waals surface area contributed by atoms with Crippen molar-refractivity contribution in [1.82, 2.24) is 30.4 Å². The Labute approximate surface area is 219 Å². The van der Waals surface area contributed by atoms with Gasteiger partial charge in [0.25, 0.3) is 11.8 Å². The van der Waals surface area contributed by atoms with Crippen molar-refractivity contribution in [2.45, 2.75) is 66.2 Å². The van der Waals surface area contributed by atoms with Crippen LogP contribution in [0, 0.1) is 27.7 Å². The third-order valence-electron chi connectivity index (χ3n) is 6.24. The Bertz CT molecular complexity index is 1250. The molecule has 4 aromatic rings. The number of hydrogen-bond acceptors (Lipinski definition) is 7. The van der Waals surface area contributed by atoms with Gasteiger partial charge in [-0.3, -0.25) is 4.79 Å². The summed E-state index contributed by atoms with van der Waals surface area (Å²) in [6.07, 6.45) is 4.85. The molecule has 0 amide bonds. The molecule has 9 nitrogen and oxygen atoms in total. The van der Waals surface area contributed by atoms with Crippen LogP contribution in [0.3, 0.4) is 0 Å². The highest BCUT2D eigenvalue weighted by Gasteiger charge is 2.28. The Hall–Kier alpha value is -2.91. The second-order valence-electron chi connectivity index (χ2n) is 8.87. The van der Waals surface area contributed by atoms with Gasteiger partial charge < -0.3 is 18.8 Å². The van der Waals surface area contributed by atoms with E-state index in [1.54, 1.807) is 0 Å². The Morgan fingerprint density at radius 3 is 1.50 bits per heavy atom. The molecule has 0 spiro atoms. The van der Waals surface area contributed by atoms with Crippen molar-refractivity contribution >= 4 is 29.0 Å². The maximum Gasteiger partial charge on any atom is 0.264 e. The number of aromatic nitrogens is 6. The van der Waals surface area contributed by atoms with Gasteiger partial charge in [0.2, 0.25) is 11.8 Å². The van der Waals surface area contributed by atoms with Gasteiger partial charge in [-0.1, -0.05) is 0 Å². The summed E-state index contributed by atoms with van der Waals surface area (Å²) in [4.78, 5) is 20.3. The van der Waals surface area contributed by atoms with Crippen LogP contribution in [0.15, 0.2) is 8.83 Å². The topological polar surface area (TPSA) is 126 Å². The summed E-state index contributed by atoms with van der Waals surface area (Å²) in [6, 6.07) is 0. The first-order chi connectivity index (χ1) is 17.3. The van der Waals surface area contributed by atoms with Crippen molar-refractivity contribution in [1.29, 1.82) is 0 Å². The van der Waals surface area contributed by atoms with Crippen molar-refractivity contribution in [2.75, 3.05) is 11.8 Å². The van der Waals surface area contributed by atoms with Gasteiger partial charge in [-0.2, -0.15) is 0 Å². The molecule has 192 valence electrons. The van der Waals surface area contributed by atoms with E-state index in [9.17, 15) is 4.79 Å². The summed E-state index contributed by atoms with van der Waals surface area (Å²) in [6.45, 7) is 7.50. The third kappa shape index (κ3) is 5.27. The molecule has 4 aromatic heterocycles. The van der Waals surface area contributed by atoms with Gasteiger partial charge in [0.1, 0.15) is 11.4 Å². The number of hydrogen-bond donors (Lipinski definition) is 2. The molecule has 0 fully saturated rings. The van der Waals surface area contributed by atoms with Crippen LogP contribution in [0.4, 0.5) is 0 Å². The summed E-state index contributed by atoms with van der Waals surface area (Å²) in [7, 11) is 0. The van der Waals surface area contributed by atoms with Crippen LogP contribution < -0.4 is 0 Å². The van der Waals surface area contributed by atoms with Crippen LogP contribution in [0.1, 0.15) is 75.9 Å². The van der Waals surface area contributed by atoms with Gasteiger partial charge in [-0.05, 0) is 64.5 Å². The second-order valence-corrected chi connectivity index (χ2v) is 9.63. The highest BCUT2D eigenvalue weighted by Crippen LogP contribution is 2.33. The minimum Gasteiger partial charge on any atom is -0.419 e. The van der Waals surface area contributed by atoms with Crippen LogP contribution in [0.5, 0.6) is 0 Å². The number of nitrogens with one attached hydrogen (secondary N) is 2. The van der Waals surface area contributed by atoms with Crippen LogP contribution in [-0.4, -0.2) is 47.9 Å². The molecule has 11 heteroatoms. The van der Waals surface area contributed by atoms with Gasteiger partial charge in [0, 0.05) is 47.1 Å². The van der Waals surface area contributed by atoms with E-state index in [4.69, 9.17) is 32.0 Å². The molecule has 4 heterocycles. The van der Waals surface area contributed by atoms with Gasteiger partial charge in [0.15, 0.2) is 5.78 Å². The zero-order valence-corrected chi connectivity index (χ0v) is 22.4. The lowest BCUT2D eigenvalue weighted by atomic mass is 9.96. The molecule has 0 radical (unpaired) electrons. The molecule has 0 saturated heterocycles. The number of halogens is 2. The molecule has 4 rings (SSSR count). The van der Waals surface area contributed by atoms with E-state index in [1.165, 1.54) is 0 Å². The Balaban J connectivity index is 1.60. The van der Waals surface area contributed by atoms with Crippen molar-refractivity contribution in [3.8, 4) is 23.2 Å². The Kier molecular flexibility index (Phi) is 8.31. The van der Waals surface area contributed by atoms with Crippen molar-refractivity contribution in [3.63, 3.8) is 0 Å². The molecule has 36 heavy (non-hydrogen) atoms. The lowest BCUT2D eigenvalue weighted by Gasteiger charge is -2.04. The SMILES string of the molecule is Cc1[nH]c(-c2nnc(CCCCCl)o2)c(C)c1C(=O)c1c(C)[nH]c(-c2nnc(CCCCCl)o2)c1C. The predicted molar refractivity (Wildman–Crippen MR) is 138 cm³/mol. The number of aryl methyl sites for hydroxylation is 4. The molecule has 0 saturated carbocycles. The molecular weight excluding hydrogens is 503 g/mol. The third-order valence-corrected chi connectivity index (χ3v) is 6.77. The van der Waals surface area contributed by atoms with E-state index in [1.807, 2.05) is 27.7 Å². The van der Waals surface area contributed by atoms with Gasteiger partial charge in [0.05, 0.1) is 0 Å². The van der Waals surface area contributed by atoms with Crippen LogP contribution in [0.25, 0.3) is 23.2 Å². The average molecular weight is 533 g/mol. The monoisotopic (exact) mass is 532 g/mol. The second kappa shape index (κ2) is 11.4. The number of carbonyl (C=O) groups is 1. The fourth-order valence-electron chi connectivity index (χ4n) is 4.39. The lowest BCUT2D eigenvalue weighted by molar-refractivity contribution is 0.103. The summed E-state index contributed by atoms with van der Waals surface area (Å²) in [5.41, 5.74) is 5.44. The Morgan fingerprint density at radius 2 is 1.11 bits per heavy atom. The van der Waals surface area contributed by atoms with Crippen molar-refractivity contribution in [2.24, 2.45) is 0 Å². The van der Waals surface area contributed by atoms with E-state index in [2.05, 4.69) is 30.4 Å². The molecule has 0 aliphatic heterocycles. The molecule has 0 aliphatic carbocycles. The quantitative estimate of drug-likeness (QED) is 0.129. The van der Waals surface area contributed by atoms with Crippen molar-refractivity contribution in [3.05, 3.63) is 45.4 Å². The molecule has 0 atom stereocenters. The fourth-order valence-corrected chi connectivity index (χ4v) is 4.76. The molecule has 0 aliphatic rings. The molecule has 0 aromatic carbocycles. The minimum atomic E-state index is -0.103. The van der Waals surface area contributed by atoms with E-state index in [0.29, 0.717) is 70.7 Å². The smallest absolute Gasteiger partial charge is 0.264 e. The summed E-state index contributed by atoms with van der Waals surface area (Å²) in [5.74, 6) is 2.94. The Morgan fingerprint density at radius 1 is 0.694 bits per heavy atom. The number of carbonyl (C=O) groups excluding carboxylic acids is 1. The zero-order valence-electron chi connectivity index (χ0n) is 20.9. The minimum absolute atomic E-state index is 0.103. The van der Waals surface area contributed by atoms with Crippen LogP contribution in [-0.2, 0) is 12.8 Å². The normalized spacial score (nSPS) is 11.5.